The first kappa shape index (κ1) is 32.6. The molecule has 0 radical (unpaired) electrons. The number of ether oxygens (including phenoxy) is 2. The molecule has 3 fully saturated rings. The quantitative estimate of drug-likeness (QED) is 0.228. The maximum atomic E-state index is 13.0. The number of aromatic nitrogens is 2. The first-order chi connectivity index (χ1) is 23.9. The van der Waals surface area contributed by atoms with Crippen LogP contribution in [0.4, 0.5) is 11.4 Å². The van der Waals surface area contributed by atoms with Gasteiger partial charge >= 0.3 is 0 Å². The first-order valence-electron chi connectivity index (χ1n) is 17.0. The zero-order valence-corrected chi connectivity index (χ0v) is 28.0. The molecule has 0 bridgehead atoms. The van der Waals surface area contributed by atoms with Gasteiger partial charge in [-0.1, -0.05) is 18.2 Å². The lowest BCUT2D eigenvalue weighted by Gasteiger charge is -2.43. The molecule has 3 N–H and O–H groups in total. The van der Waals surface area contributed by atoms with Crippen molar-refractivity contribution >= 4 is 34.1 Å². The maximum Gasteiger partial charge on any atom is 0.262 e. The molecule has 49 heavy (non-hydrogen) atoms. The van der Waals surface area contributed by atoms with Crippen molar-refractivity contribution in [1.29, 1.82) is 0 Å². The summed E-state index contributed by atoms with van der Waals surface area (Å²) < 4.78 is 10.8. The van der Waals surface area contributed by atoms with Crippen LogP contribution < -0.4 is 30.6 Å². The van der Waals surface area contributed by atoms with Crippen LogP contribution in [0, 0.1) is 0 Å². The predicted molar refractivity (Wildman–Crippen MR) is 189 cm³/mol. The molecule has 0 saturated carbocycles. The Morgan fingerprint density at radius 1 is 0.878 bits per heavy atom. The van der Waals surface area contributed by atoms with E-state index in [0.717, 1.165) is 69.9 Å². The van der Waals surface area contributed by atoms with Crippen LogP contribution in [-0.4, -0.2) is 97.2 Å². The van der Waals surface area contributed by atoms with Crippen LogP contribution in [0.5, 0.6) is 11.5 Å². The fourth-order valence-corrected chi connectivity index (χ4v) is 7.29. The highest BCUT2D eigenvalue weighted by Gasteiger charge is 2.29. The summed E-state index contributed by atoms with van der Waals surface area (Å²) in [6, 6.07) is 20.0. The Kier molecular flexibility index (Phi) is 9.49. The molecule has 1 aromatic heterocycles. The first-order valence-corrected chi connectivity index (χ1v) is 17.0. The monoisotopic (exact) mass is 665 g/mol. The fraction of sp³-hybridized carbons (Fsp3) is 0.405. The van der Waals surface area contributed by atoms with E-state index in [0.29, 0.717) is 47.1 Å². The van der Waals surface area contributed by atoms with Gasteiger partial charge in [-0.2, -0.15) is 0 Å². The topological polar surface area (TPSA) is 132 Å². The van der Waals surface area contributed by atoms with Crippen LogP contribution in [0.2, 0.25) is 0 Å². The average molecular weight is 666 g/mol. The zero-order valence-electron chi connectivity index (χ0n) is 28.0. The number of nitrogens with zero attached hydrogens (tertiary/aromatic N) is 4. The van der Waals surface area contributed by atoms with Gasteiger partial charge in [-0.3, -0.25) is 29.5 Å². The van der Waals surface area contributed by atoms with Crippen LogP contribution in [0.15, 0.2) is 65.5 Å². The van der Waals surface area contributed by atoms with E-state index in [2.05, 4.69) is 48.5 Å². The third-order valence-electron chi connectivity index (χ3n) is 10.1. The molecular formula is C37H43N7O5. The van der Waals surface area contributed by atoms with Crippen molar-refractivity contribution in [2.75, 3.05) is 63.7 Å². The van der Waals surface area contributed by atoms with Crippen LogP contribution in [0.25, 0.3) is 22.3 Å². The maximum absolute atomic E-state index is 13.0. The molecule has 7 rings (SSSR count). The Morgan fingerprint density at radius 2 is 1.63 bits per heavy atom. The third-order valence-corrected chi connectivity index (χ3v) is 10.1. The van der Waals surface area contributed by atoms with Crippen molar-refractivity contribution in [3.8, 4) is 22.9 Å². The summed E-state index contributed by atoms with van der Waals surface area (Å²) in [5, 5.41) is 6.22. The summed E-state index contributed by atoms with van der Waals surface area (Å²) in [6.07, 6.45) is 3.10. The van der Waals surface area contributed by atoms with E-state index in [1.54, 1.807) is 19.2 Å². The van der Waals surface area contributed by atoms with Crippen molar-refractivity contribution < 1.29 is 19.1 Å². The lowest BCUT2D eigenvalue weighted by molar-refractivity contribution is -0.133. The average Bonchev–Trinajstić information content (AvgIpc) is 3.13. The highest BCUT2D eigenvalue weighted by molar-refractivity contribution is 6.01. The van der Waals surface area contributed by atoms with Crippen LogP contribution in [-0.2, 0) is 16.1 Å². The van der Waals surface area contributed by atoms with Gasteiger partial charge in [-0.25, -0.2) is 4.98 Å². The lowest BCUT2D eigenvalue weighted by Crippen LogP contribution is -2.53. The number of para-hydroxylation sites is 1. The fourth-order valence-electron chi connectivity index (χ4n) is 7.29. The number of piperidine rings is 2. The van der Waals surface area contributed by atoms with Gasteiger partial charge in [0.25, 0.3) is 5.56 Å². The SMILES string of the molecule is COc1cc(OC)c2c(=O)[nH]c(-c3ccc(N4CCC(N5CCN(Cc6ccccc6NC6CCC(=O)NC6=O)CC5)CC4)cc3)nc2c1. The standard InChI is InChI=1S/C37H43N7O5/c1-48-28-21-31-34(32(22-28)49-2)37(47)41-35(39-31)24-7-9-26(10-8-24)43-15-13-27(14-16-43)44-19-17-42(18-20-44)23-25-5-3-4-6-29(25)38-30-11-12-33(45)40-36(30)46/h3-10,21-22,27,30,38H,11-20,23H2,1-2H3,(H,39,41,47)(H,40,45,46). The van der Waals surface area contributed by atoms with E-state index < -0.39 is 0 Å². The Labute approximate surface area is 285 Å². The number of fused-ring (bicyclic) bond motifs is 1. The number of carbonyl (C=O) groups excluding carboxylic acids is 2. The van der Waals surface area contributed by atoms with Gasteiger partial charge < -0.3 is 24.7 Å². The molecule has 3 aromatic carbocycles. The third kappa shape index (κ3) is 7.11. The highest BCUT2D eigenvalue weighted by atomic mass is 16.5. The number of hydrogen-bond acceptors (Lipinski definition) is 10. The minimum absolute atomic E-state index is 0.201. The number of nitrogens with one attached hydrogen (secondary N) is 3. The van der Waals surface area contributed by atoms with Crippen molar-refractivity contribution in [2.45, 2.75) is 44.3 Å². The lowest BCUT2D eigenvalue weighted by atomic mass is 10.0. The predicted octanol–water partition coefficient (Wildman–Crippen LogP) is 3.61. The van der Waals surface area contributed by atoms with Crippen molar-refractivity contribution in [3.05, 3.63) is 76.6 Å². The van der Waals surface area contributed by atoms with E-state index in [1.807, 2.05) is 30.3 Å². The van der Waals surface area contributed by atoms with E-state index in [1.165, 1.54) is 18.4 Å². The molecule has 3 aliphatic heterocycles. The van der Waals surface area contributed by atoms with Crippen LogP contribution in [0.3, 0.4) is 0 Å². The number of methoxy groups -OCH3 is 2. The number of piperazine rings is 1. The van der Waals surface area contributed by atoms with Gasteiger partial charge in [0.1, 0.15) is 28.8 Å². The molecule has 256 valence electrons. The van der Waals surface area contributed by atoms with Crippen LogP contribution in [0.1, 0.15) is 31.2 Å². The van der Waals surface area contributed by atoms with E-state index >= 15 is 0 Å². The van der Waals surface area contributed by atoms with Gasteiger partial charge in [-0.05, 0) is 55.2 Å². The summed E-state index contributed by atoms with van der Waals surface area (Å²) in [7, 11) is 3.10. The smallest absolute Gasteiger partial charge is 0.262 e. The second-order valence-corrected chi connectivity index (χ2v) is 13.0. The summed E-state index contributed by atoms with van der Waals surface area (Å²) >= 11 is 0. The number of amides is 2. The molecule has 12 nitrogen and oxygen atoms in total. The summed E-state index contributed by atoms with van der Waals surface area (Å²) in [6.45, 7) is 6.89. The molecule has 0 aliphatic carbocycles. The number of carbonyl (C=O) groups is 2. The molecule has 2 amide bonds. The second-order valence-electron chi connectivity index (χ2n) is 13.0. The van der Waals surface area contributed by atoms with Gasteiger partial charge in [0, 0.05) is 87.3 Å². The molecule has 3 saturated heterocycles. The van der Waals surface area contributed by atoms with Gasteiger partial charge in [-0.15, -0.1) is 0 Å². The molecule has 1 unspecified atom stereocenters. The van der Waals surface area contributed by atoms with Crippen molar-refractivity contribution in [1.82, 2.24) is 25.1 Å². The number of aromatic amines is 1. The summed E-state index contributed by atoms with van der Waals surface area (Å²) in [4.78, 5) is 52.1. The molecule has 0 spiro atoms. The number of rotatable bonds is 9. The number of imide groups is 1. The number of H-pyrrole nitrogens is 1. The Morgan fingerprint density at radius 3 is 2.35 bits per heavy atom. The molecule has 1 atom stereocenters. The summed E-state index contributed by atoms with van der Waals surface area (Å²) in [5.41, 5.74) is 4.41. The molecule has 4 heterocycles. The van der Waals surface area contributed by atoms with Crippen molar-refractivity contribution in [3.63, 3.8) is 0 Å². The molecular weight excluding hydrogens is 622 g/mol. The van der Waals surface area contributed by atoms with Gasteiger partial charge in [0.2, 0.25) is 11.8 Å². The van der Waals surface area contributed by atoms with E-state index in [-0.39, 0.29) is 23.4 Å². The minimum atomic E-state index is -0.387. The van der Waals surface area contributed by atoms with E-state index in [4.69, 9.17) is 14.5 Å². The number of anilines is 2. The molecule has 3 aliphatic rings. The Bertz CT molecular complexity index is 1880. The van der Waals surface area contributed by atoms with Crippen molar-refractivity contribution in [2.24, 2.45) is 0 Å². The van der Waals surface area contributed by atoms with Gasteiger partial charge in [0.15, 0.2) is 0 Å². The number of benzene rings is 3. The zero-order chi connectivity index (χ0) is 33.9. The Balaban J connectivity index is 0.918. The molecule has 4 aromatic rings. The van der Waals surface area contributed by atoms with Gasteiger partial charge in [0.05, 0.1) is 19.7 Å². The Hall–Kier alpha value is -4.94. The highest BCUT2D eigenvalue weighted by Crippen LogP contribution is 2.30. The minimum Gasteiger partial charge on any atom is -0.497 e. The second kappa shape index (κ2) is 14.3. The summed E-state index contributed by atoms with van der Waals surface area (Å²) in [5.74, 6) is 1.07. The molecule has 12 heteroatoms. The van der Waals surface area contributed by atoms with Crippen LogP contribution >= 0.6 is 0 Å². The number of hydrogen-bond donors (Lipinski definition) is 3. The van der Waals surface area contributed by atoms with E-state index in [9.17, 15) is 14.4 Å². The largest absolute Gasteiger partial charge is 0.497 e. The normalized spacial score (nSPS) is 19.6.